The summed E-state index contributed by atoms with van der Waals surface area (Å²) in [6.45, 7) is 1.86. The van der Waals surface area contributed by atoms with E-state index in [9.17, 15) is 4.79 Å². The quantitative estimate of drug-likeness (QED) is 0.817. The summed E-state index contributed by atoms with van der Waals surface area (Å²) >= 11 is 1.35. The number of carbonyl (C=O) groups is 1. The Hall–Kier alpha value is -2.02. The highest BCUT2D eigenvalue weighted by Crippen LogP contribution is 2.31. The number of nitrogens with two attached hydrogens (primary N) is 1. The van der Waals surface area contributed by atoms with Crippen LogP contribution in [0.15, 0.2) is 28.3 Å². The number of benzene rings is 1. The molecule has 1 heterocycles. The summed E-state index contributed by atoms with van der Waals surface area (Å²) in [5.74, 6) is -0.189. The maximum Gasteiger partial charge on any atom is 0.335 e. The number of nitrogens with zero attached hydrogens (tertiary/aromatic N) is 3. The zero-order valence-corrected chi connectivity index (χ0v) is 10.7. The Morgan fingerprint density at radius 3 is 2.67 bits per heavy atom. The van der Waals surface area contributed by atoms with E-state index in [-0.39, 0.29) is 5.56 Å². The molecule has 0 bridgehead atoms. The minimum atomic E-state index is -0.993. The number of aromatic nitrogens is 3. The molecule has 0 aliphatic carbocycles. The lowest BCUT2D eigenvalue weighted by Crippen LogP contribution is -1.99. The Bertz CT molecular complexity index is 609. The lowest BCUT2D eigenvalue weighted by molar-refractivity contribution is 0.0697. The van der Waals surface area contributed by atoms with E-state index in [1.807, 2.05) is 18.5 Å². The second-order valence-electron chi connectivity index (χ2n) is 3.75. The SMILES string of the molecule is Cc1nnc(Sc2ccc(C(=O)O)cc2N)n1C. The van der Waals surface area contributed by atoms with Crippen LogP contribution < -0.4 is 5.73 Å². The van der Waals surface area contributed by atoms with Crippen LogP contribution in [0.4, 0.5) is 5.69 Å². The normalized spacial score (nSPS) is 10.6. The van der Waals surface area contributed by atoms with Gasteiger partial charge in [0, 0.05) is 17.6 Å². The average Bonchev–Trinajstić information content (AvgIpc) is 2.63. The Morgan fingerprint density at radius 2 is 2.17 bits per heavy atom. The fraction of sp³-hybridized carbons (Fsp3) is 0.182. The maximum absolute atomic E-state index is 10.8. The fourth-order valence-electron chi connectivity index (χ4n) is 1.35. The molecule has 0 aliphatic rings. The Labute approximate surface area is 108 Å². The molecule has 0 saturated carbocycles. The minimum absolute atomic E-state index is 0.172. The van der Waals surface area contributed by atoms with Crippen LogP contribution in [0.3, 0.4) is 0 Å². The van der Waals surface area contributed by atoms with Crippen molar-refractivity contribution in [3.63, 3.8) is 0 Å². The molecule has 94 valence electrons. The van der Waals surface area contributed by atoms with Crippen molar-refractivity contribution in [2.45, 2.75) is 17.0 Å². The van der Waals surface area contributed by atoms with E-state index in [2.05, 4.69) is 10.2 Å². The van der Waals surface area contributed by atoms with Gasteiger partial charge in [-0.3, -0.25) is 0 Å². The lowest BCUT2D eigenvalue weighted by Gasteiger charge is -2.05. The molecule has 1 aromatic heterocycles. The first-order valence-corrected chi connectivity index (χ1v) is 5.97. The third-order valence-electron chi connectivity index (χ3n) is 2.51. The van der Waals surface area contributed by atoms with E-state index < -0.39 is 5.97 Å². The van der Waals surface area contributed by atoms with Crippen molar-refractivity contribution in [2.75, 3.05) is 5.73 Å². The number of hydrogen-bond donors (Lipinski definition) is 2. The van der Waals surface area contributed by atoms with Gasteiger partial charge in [0.2, 0.25) is 0 Å². The van der Waals surface area contributed by atoms with E-state index in [4.69, 9.17) is 10.8 Å². The number of carboxylic acids is 1. The van der Waals surface area contributed by atoms with Crippen molar-refractivity contribution in [3.05, 3.63) is 29.6 Å². The van der Waals surface area contributed by atoms with Crippen molar-refractivity contribution in [1.29, 1.82) is 0 Å². The number of rotatable bonds is 3. The van der Waals surface area contributed by atoms with Crippen molar-refractivity contribution >= 4 is 23.4 Å². The van der Waals surface area contributed by atoms with E-state index >= 15 is 0 Å². The van der Waals surface area contributed by atoms with Crippen LogP contribution in [0.5, 0.6) is 0 Å². The molecule has 0 saturated heterocycles. The maximum atomic E-state index is 10.8. The standard InChI is InChI=1S/C11H12N4O2S/c1-6-13-14-11(15(6)2)18-9-4-3-7(10(16)17)5-8(9)12/h3-5H,12H2,1-2H3,(H,16,17). The predicted octanol–water partition coefficient (Wildman–Crippen LogP) is 1.56. The predicted molar refractivity (Wildman–Crippen MR) is 67.7 cm³/mol. The molecule has 0 spiro atoms. The average molecular weight is 264 g/mol. The number of aromatic carboxylic acids is 1. The summed E-state index contributed by atoms with van der Waals surface area (Å²) in [5, 5.41) is 17.5. The summed E-state index contributed by atoms with van der Waals surface area (Å²) in [6.07, 6.45) is 0. The van der Waals surface area contributed by atoms with Crippen LogP contribution >= 0.6 is 11.8 Å². The number of hydrogen-bond acceptors (Lipinski definition) is 5. The first-order valence-electron chi connectivity index (χ1n) is 5.15. The van der Waals surface area contributed by atoms with Crippen LogP contribution in [0.2, 0.25) is 0 Å². The van der Waals surface area contributed by atoms with Gasteiger partial charge in [-0.1, -0.05) is 0 Å². The lowest BCUT2D eigenvalue weighted by atomic mass is 10.2. The molecule has 0 radical (unpaired) electrons. The molecule has 3 N–H and O–H groups in total. The molecule has 18 heavy (non-hydrogen) atoms. The number of aryl methyl sites for hydroxylation is 1. The largest absolute Gasteiger partial charge is 0.478 e. The van der Waals surface area contributed by atoms with Crippen molar-refractivity contribution in [1.82, 2.24) is 14.8 Å². The van der Waals surface area contributed by atoms with Gasteiger partial charge >= 0.3 is 5.97 Å². The third kappa shape index (κ3) is 2.30. The molecule has 0 unspecified atom stereocenters. The third-order valence-corrected chi connectivity index (χ3v) is 3.64. The van der Waals surface area contributed by atoms with Crippen molar-refractivity contribution in [3.8, 4) is 0 Å². The van der Waals surface area contributed by atoms with Gasteiger partial charge in [-0.2, -0.15) is 0 Å². The van der Waals surface area contributed by atoms with E-state index in [0.29, 0.717) is 10.8 Å². The minimum Gasteiger partial charge on any atom is -0.478 e. The summed E-state index contributed by atoms with van der Waals surface area (Å²) < 4.78 is 1.84. The molecule has 7 heteroatoms. The van der Waals surface area contributed by atoms with Crippen LogP contribution in [0, 0.1) is 6.92 Å². The summed E-state index contributed by atoms with van der Waals surface area (Å²) in [4.78, 5) is 11.6. The summed E-state index contributed by atoms with van der Waals surface area (Å²) in [6, 6.07) is 4.63. The zero-order valence-electron chi connectivity index (χ0n) is 9.91. The van der Waals surface area contributed by atoms with E-state index in [1.54, 1.807) is 6.07 Å². The topological polar surface area (TPSA) is 94.0 Å². The molecular weight excluding hydrogens is 252 g/mol. The van der Waals surface area contributed by atoms with Gasteiger partial charge in [0.25, 0.3) is 0 Å². The summed E-state index contributed by atoms with van der Waals surface area (Å²) in [5.41, 5.74) is 6.41. The van der Waals surface area contributed by atoms with Gasteiger partial charge in [-0.25, -0.2) is 4.79 Å². The molecule has 0 aliphatic heterocycles. The van der Waals surface area contributed by atoms with Crippen LogP contribution in [0.25, 0.3) is 0 Å². The first kappa shape index (κ1) is 12.4. The van der Waals surface area contributed by atoms with Gasteiger partial charge < -0.3 is 15.4 Å². The second-order valence-corrected chi connectivity index (χ2v) is 4.76. The van der Waals surface area contributed by atoms with Crippen LogP contribution in [-0.4, -0.2) is 25.8 Å². The number of nitrogen functional groups attached to an aromatic ring is 1. The van der Waals surface area contributed by atoms with Gasteiger partial charge in [0.1, 0.15) is 5.82 Å². The monoisotopic (exact) mass is 264 g/mol. The van der Waals surface area contributed by atoms with Crippen molar-refractivity contribution in [2.24, 2.45) is 7.05 Å². The van der Waals surface area contributed by atoms with E-state index in [1.165, 1.54) is 23.9 Å². The molecule has 0 atom stereocenters. The highest BCUT2D eigenvalue weighted by molar-refractivity contribution is 7.99. The number of carboxylic acid groups (broad SMARTS) is 1. The van der Waals surface area contributed by atoms with Crippen molar-refractivity contribution < 1.29 is 9.90 Å². The first-order chi connectivity index (χ1) is 8.49. The Balaban J connectivity index is 2.30. The van der Waals surface area contributed by atoms with Gasteiger partial charge in [0.05, 0.1) is 5.56 Å². The number of anilines is 1. The molecule has 0 fully saturated rings. The van der Waals surface area contributed by atoms with Gasteiger partial charge in [-0.05, 0) is 36.9 Å². The molecule has 2 aromatic rings. The molecule has 2 rings (SSSR count). The molecule has 1 aromatic carbocycles. The second kappa shape index (κ2) is 4.69. The zero-order chi connectivity index (χ0) is 13.3. The smallest absolute Gasteiger partial charge is 0.335 e. The molecular formula is C11H12N4O2S. The highest BCUT2D eigenvalue weighted by Gasteiger charge is 2.11. The van der Waals surface area contributed by atoms with Crippen LogP contribution in [0.1, 0.15) is 16.2 Å². The van der Waals surface area contributed by atoms with Gasteiger partial charge in [-0.15, -0.1) is 10.2 Å². The van der Waals surface area contributed by atoms with Gasteiger partial charge in [0.15, 0.2) is 5.16 Å². The van der Waals surface area contributed by atoms with E-state index in [0.717, 1.165) is 10.7 Å². The molecule has 0 amide bonds. The summed E-state index contributed by atoms with van der Waals surface area (Å²) in [7, 11) is 1.86. The Kier molecular flexibility index (Phi) is 3.24. The molecule has 6 nitrogen and oxygen atoms in total. The Morgan fingerprint density at radius 1 is 1.44 bits per heavy atom. The highest BCUT2D eigenvalue weighted by atomic mass is 32.2. The fourth-order valence-corrected chi connectivity index (χ4v) is 2.21. The van der Waals surface area contributed by atoms with Crippen LogP contribution in [-0.2, 0) is 7.05 Å².